The van der Waals surface area contributed by atoms with Gasteiger partial charge < -0.3 is 10.7 Å². The third-order valence-corrected chi connectivity index (χ3v) is 1.41. The van der Waals surface area contributed by atoms with Gasteiger partial charge >= 0.3 is 0 Å². The number of rotatable bonds is 0. The largest absolute Gasteiger partial charge is 0.369 e. The highest BCUT2D eigenvalue weighted by atomic mass is 15.0. The number of nitrogens with zero attached hydrogens (tertiary/aromatic N) is 1. The molecule has 1 aromatic carbocycles. The van der Waals surface area contributed by atoms with Crippen molar-refractivity contribution in [3.8, 4) is 0 Å². The number of nitrogens with two attached hydrogens (primary N) is 1. The maximum Gasteiger partial charge on any atom is 0.198 e. The Bertz CT molecular complexity index is 318. The van der Waals surface area contributed by atoms with Crippen LogP contribution in [-0.4, -0.2) is 9.97 Å². The van der Waals surface area contributed by atoms with Gasteiger partial charge in [-0.05, 0) is 12.1 Å². The second kappa shape index (κ2) is 2.62. The fourth-order valence-electron chi connectivity index (χ4n) is 0.973. The number of para-hydroxylation sites is 2. The Kier molecular flexibility index (Phi) is 1.81. The summed E-state index contributed by atoms with van der Waals surface area (Å²) in [5, 5.41) is 0. The van der Waals surface area contributed by atoms with Crippen molar-refractivity contribution < 1.29 is 0 Å². The molecule has 0 saturated carbocycles. The van der Waals surface area contributed by atoms with Crippen LogP contribution >= 0.6 is 0 Å². The van der Waals surface area contributed by atoms with Crippen molar-refractivity contribution in [2.75, 3.05) is 5.73 Å². The van der Waals surface area contributed by atoms with E-state index in [1.54, 1.807) is 0 Å². The standard InChI is InChI=1S/C7H7N3.CH4/c8-7-9-5-3-1-2-4-6(5)10-7;/h1-4H,(H3,8,9,10);1H4. The Morgan fingerprint density at radius 3 is 2.73 bits per heavy atom. The number of fused-ring (bicyclic) bond motifs is 1. The number of imidazole rings is 1. The monoisotopic (exact) mass is 149 g/mol. The number of anilines is 1. The lowest BCUT2D eigenvalue weighted by atomic mass is 10.3. The van der Waals surface area contributed by atoms with Crippen LogP contribution in [0.2, 0.25) is 0 Å². The Morgan fingerprint density at radius 1 is 1.27 bits per heavy atom. The Labute approximate surface area is 65.3 Å². The smallest absolute Gasteiger partial charge is 0.198 e. The molecule has 0 aliphatic rings. The second-order valence-corrected chi connectivity index (χ2v) is 2.14. The van der Waals surface area contributed by atoms with Crippen molar-refractivity contribution in [2.24, 2.45) is 0 Å². The summed E-state index contributed by atoms with van der Waals surface area (Å²) in [4.78, 5) is 6.96. The van der Waals surface area contributed by atoms with Crippen LogP contribution < -0.4 is 5.73 Å². The molecule has 0 bridgehead atoms. The van der Waals surface area contributed by atoms with Gasteiger partial charge in [0.05, 0.1) is 11.0 Å². The minimum absolute atomic E-state index is 0. The Balaban J connectivity index is 0.000000605. The normalized spacial score (nSPS) is 9.45. The molecule has 0 fully saturated rings. The molecule has 58 valence electrons. The predicted molar refractivity (Wildman–Crippen MR) is 47.2 cm³/mol. The van der Waals surface area contributed by atoms with Crippen LogP contribution in [0.3, 0.4) is 0 Å². The van der Waals surface area contributed by atoms with Gasteiger partial charge in [0.25, 0.3) is 0 Å². The molecular weight excluding hydrogens is 138 g/mol. The molecule has 0 aliphatic carbocycles. The number of nitrogen functional groups attached to an aromatic ring is 1. The quantitative estimate of drug-likeness (QED) is 0.599. The lowest BCUT2D eigenvalue weighted by Crippen LogP contribution is -1.84. The summed E-state index contributed by atoms with van der Waals surface area (Å²) in [6.07, 6.45) is 0. The van der Waals surface area contributed by atoms with E-state index in [4.69, 9.17) is 5.73 Å². The molecule has 1 heterocycles. The van der Waals surface area contributed by atoms with Crippen LogP contribution in [0.15, 0.2) is 24.3 Å². The van der Waals surface area contributed by atoms with Crippen LogP contribution in [0.25, 0.3) is 11.0 Å². The highest BCUT2D eigenvalue weighted by molar-refractivity contribution is 5.76. The van der Waals surface area contributed by atoms with Gasteiger partial charge in [-0.25, -0.2) is 4.98 Å². The summed E-state index contributed by atoms with van der Waals surface area (Å²) in [6, 6.07) is 7.74. The lowest BCUT2D eigenvalue weighted by molar-refractivity contribution is 1.35. The third-order valence-electron chi connectivity index (χ3n) is 1.41. The van der Waals surface area contributed by atoms with Crippen molar-refractivity contribution >= 4 is 17.0 Å². The van der Waals surface area contributed by atoms with Crippen LogP contribution in [0, 0.1) is 0 Å². The summed E-state index contributed by atoms with van der Waals surface area (Å²) in [5.41, 5.74) is 7.33. The zero-order valence-corrected chi connectivity index (χ0v) is 5.33. The van der Waals surface area contributed by atoms with Crippen LogP contribution in [-0.2, 0) is 0 Å². The first-order valence-corrected chi connectivity index (χ1v) is 3.06. The van der Waals surface area contributed by atoms with Gasteiger partial charge in [-0.3, -0.25) is 0 Å². The summed E-state index contributed by atoms with van der Waals surface area (Å²) in [7, 11) is 0. The van der Waals surface area contributed by atoms with Crippen LogP contribution in [0.4, 0.5) is 5.95 Å². The van der Waals surface area contributed by atoms with Crippen molar-refractivity contribution in [2.45, 2.75) is 7.43 Å². The molecule has 1 aromatic heterocycles. The van der Waals surface area contributed by atoms with Crippen molar-refractivity contribution in [1.82, 2.24) is 9.97 Å². The van der Waals surface area contributed by atoms with Gasteiger partial charge in [-0.2, -0.15) is 0 Å². The highest BCUT2D eigenvalue weighted by Crippen LogP contribution is 2.10. The molecule has 2 rings (SSSR count). The second-order valence-electron chi connectivity index (χ2n) is 2.14. The molecule has 0 atom stereocenters. The summed E-state index contributed by atoms with van der Waals surface area (Å²) < 4.78 is 0. The fourth-order valence-corrected chi connectivity index (χ4v) is 0.973. The van der Waals surface area contributed by atoms with E-state index in [0.29, 0.717) is 5.95 Å². The maximum absolute atomic E-state index is 5.42. The zero-order chi connectivity index (χ0) is 6.97. The topological polar surface area (TPSA) is 54.7 Å². The molecule has 0 spiro atoms. The molecular formula is C8H11N3. The first-order valence-electron chi connectivity index (χ1n) is 3.06. The van der Waals surface area contributed by atoms with E-state index in [1.165, 1.54) is 0 Å². The van der Waals surface area contributed by atoms with Gasteiger partial charge in [0, 0.05) is 0 Å². The van der Waals surface area contributed by atoms with Gasteiger partial charge in [0.2, 0.25) is 0 Å². The average Bonchev–Trinajstić information content (AvgIpc) is 2.27. The van der Waals surface area contributed by atoms with Gasteiger partial charge in [0.1, 0.15) is 0 Å². The van der Waals surface area contributed by atoms with Crippen molar-refractivity contribution in [3.63, 3.8) is 0 Å². The third kappa shape index (κ3) is 1.17. The summed E-state index contributed by atoms with van der Waals surface area (Å²) >= 11 is 0. The summed E-state index contributed by atoms with van der Waals surface area (Å²) in [5.74, 6) is 0.473. The molecule has 0 saturated heterocycles. The number of hydrogen-bond donors (Lipinski definition) is 2. The first kappa shape index (κ1) is 7.60. The molecule has 0 amide bonds. The number of hydrogen-bond acceptors (Lipinski definition) is 2. The Morgan fingerprint density at radius 2 is 2.00 bits per heavy atom. The van der Waals surface area contributed by atoms with E-state index in [-0.39, 0.29) is 7.43 Å². The van der Waals surface area contributed by atoms with Crippen LogP contribution in [0.5, 0.6) is 0 Å². The molecule has 2 aromatic rings. The molecule has 0 aliphatic heterocycles. The van der Waals surface area contributed by atoms with E-state index < -0.39 is 0 Å². The van der Waals surface area contributed by atoms with Gasteiger partial charge in [0.15, 0.2) is 5.95 Å². The van der Waals surface area contributed by atoms with E-state index >= 15 is 0 Å². The predicted octanol–water partition coefficient (Wildman–Crippen LogP) is 1.78. The molecule has 0 unspecified atom stereocenters. The number of nitrogens with one attached hydrogen (secondary N) is 1. The van der Waals surface area contributed by atoms with E-state index in [0.717, 1.165) is 11.0 Å². The van der Waals surface area contributed by atoms with Crippen molar-refractivity contribution in [1.29, 1.82) is 0 Å². The number of aromatic nitrogens is 2. The van der Waals surface area contributed by atoms with E-state index in [9.17, 15) is 0 Å². The summed E-state index contributed by atoms with van der Waals surface area (Å²) in [6.45, 7) is 0. The Hall–Kier alpha value is -1.51. The van der Waals surface area contributed by atoms with Gasteiger partial charge in [-0.15, -0.1) is 0 Å². The number of aromatic amines is 1. The van der Waals surface area contributed by atoms with Gasteiger partial charge in [-0.1, -0.05) is 19.6 Å². The SMILES string of the molecule is C.Nc1nc2ccccc2[nH]1. The maximum atomic E-state index is 5.42. The average molecular weight is 149 g/mol. The lowest BCUT2D eigenvalue weighted by Gasteiger charge is -1.81. The minimum atomic E-state index is 0. The zero-order valence-electron chi connectivity index (χ0n) is 5.33. The molecule has 11 heavy (non-hydrogen) atoms. The first-order chi connectivity index (χ1) is 4.86. The molecule has 3 nitrogen and oxygen atoms in total. The fraction of sp³-hybridized carbons (Fsp3) is 0.125. The van der Waals surface area contributed by atoms with Crippen molar-refractivity contribution in [3.05, 3.63) is 24.3 Å². The number of benzene rings is 1. The molecule has 0 radical (unpaired) electrons. The molecule has 3 heteroatoms. The van der Waals surface area contributed by atoms with Crippen LogP contribution in [0.1, 0.15) is 7.43 Å². The minimum Gasteiger partial charge on any atom is -0.369 e. The number of H-pyrrole nitrogens is 1. The van der Waals surface area contributed by atoms with E-state index in [2.05, 4.69) is 9.97 Å². The molecule has 3 N–H and O–H groups in total. The highest BCUT2D eigenvalue weighted by Gasteiger charge is 1.94. The van der Waals surface area contributed by atoms with E-state index in [1.807, 2.05) is 24.3 Å².